The Kier molecular flexibility index (Phi) is 4.36. The van der Waals surface area contributed by atoms with Crippen molar-refractivity contribution in [1.82, 2.24) is 4.98 Å². The summed E-state index contributed by atoms with van der Waals surface area (Å²) in [6.07, 6.45) is 2.84. The second kappa shape index (κ2) is 7.01. The summed E-state index contributed by atoms with van der Waals surface area (Å²) < 4.78 is 10.9. The Morgan fingerprint density at radius 1 is 0.966 bits per heavy atom. The largest absolute Gasteiger partial charge is 0.507 e. The lowest BCUT2D eigenvalue weighted by Crippen LogP contribution is -2.09. The summed E-state index contributed by atoms with van der Waals surface area (Å²) in [6, 6.07) is 10.6. The van der Waals surface area contributed by atoms with Crippen LogP contribution in [0.1, 0.15) is 10.4 Å². The van der Waals surface area contributed by atoms with Crippen LogP contribution in [-0.4, -0.2) is 26.3 Å². The highest BCUT2D eigenvalue weighted by atomic mass is 16.5. The van der Waals surface area contributed by atoms with E-state index in [-0.39, 0.29) is 39.5 Å². The van der Waals surface area contributed by atoms with Gasteiger partial charge in [-0.1, -0.05) is 0 Å². The molecule has 0 bridgehead atoms. The van der Waals surface area contributed by atoms with Gasteiger partial charge in [0, 0.05) is 36.2 Å². The summed E-state index contributed by atoms with van der Waals surface area (Å²) in [6.45, 7) is 0. The molecule has 0 spiro atoms. The number of ether oxygens (including phenoxy) is 1. The van der Waals surface area contributed by atoms with Crippen LogP contribution in [0.25, 0.3) is 22.3 Å². The zero-order valence-electron chi connectivity index (χ0n) is 14.7. The monoisotopic (exact) mass is 391 g/mol. The molecule has 8 heteroatoms. The van der Waals surface area contributed by atoms with Crippen LogP contribution in [-0.2, 0) is 0 Å². The van der Waals surface area contributed by atoms with Crippen molar-refractivity contribution >= 4 is 16.9 Å². The number of aromatic nitrogens is 1. The summed E-state index contributed by atoms with van der Waals surface area (Å²) in [7, 11) is 0. The van der Waals surface area contributed by atoms with E-state index in [0.717, 1.165) is 12.1 Å². The van der Waals surface area contributed by atoms with Gasteiger partial charge in [-0.3, -0.25) is 9.78 Å². The number of carbonyl (C=O) groups excluding carboxylic acids is 1. The number of hydrogen-bond acceptors (Lipinski definition) is 8. The number of phenols is 3. The standard InChI is InChI=1S/C21H13NO7/c23-14-4-3-11(6-15(14)24)18-9-17(26)20-16(25)7-13(8-19(20)29-18)28-21(27)12-2-1-5-22-10-12/h1-10,23-25H. The topological polar surface area (TPSA) is 130 Å². The molecule has 2 aromatic heterocycles. The number of aromatic hydroxyl groups is 3. The van der Waals surface area contributed by atoms with E-state index in [1.807, 2.05) is 0 Å². The van der Waals surface area contributed by atoms with Gasteiger partial charge in [-0.05, 0) is 30.3 Å². The highest BCUT2D eigenvalue weighted by molar-refractivity contribution is 5.92. The predicted octanol–water partition coefficient (Wildman–Crippen LogP) is 3.19. The van der Waals surface area contributed by atoms with Crippen LogP contribution in [0.15, 0.2) is 70.1 Å². The number of phenolic OH excluding ortho intramolecular Hbond substituents is 3. The first-order valence-electron chi connectivity index (χ1n) is 8.38. The van der Waals surface area contributed by atoms with Gasteiger partial charge < -0.3 is 24.5 Å². The highest BCUT2D eigenvalue weighted by Gasteiger charge is 2.16. The summed E-state index contributed by atoms with van der Waals surface area (Å²) >= 11 is 0. The molecule has 2 heterocycles. The zero-order chi connectivity index (χ0) is 20.5. The van der Waals surface area contributed by atoms with Gasteiger partial charge in [0.2, 0.25) is 0 Å². The van der Waals surface area contributed by atoms with Crippen LogP contribution >= 0.6 is 0 Å². The molecule has 144 valence electrons. The fraction of sp³-hybridized carbons (Fsp3) is 0. The maximum absolute atomic E-state index is 12.5. The van der Waals surface area contributed by atoms with Gasteiger partial charge in [-0.2, -0.15) is 0 Å². The van der Waals surface area contributed by atoms with Crippen molar-refractivity contribution in [3.8, 4) is 34.3 Å². The molecule has 4 aromatic rings. The third kappa shape index (κ3) is 3.46. The van der Waals surface area contributed by atoms with Crippen LogP contribution in [0.2, 0.25) is 0 Å². The van der Waals surface area contributed by atoms with E-state index in [0.29, 0.717) is 5.56 Å². The second-order valence-electron chi connectivity index (χ2n) is 6.13. The molecular formula is C21H13NO7. The van der Waals surface area contributed by atoms with Crippen LogP contribution in [0.5, 0.6) is 23.0 Å². The molecule has 0 saturated carbocycles. The normalized spacial score (nSPS) is 10.8. The minimum Gasteiger partial charge on any atom is -0.507 e. The third-order valence-electron chi connectivity index (χ3n) is 4.15. The molecule has 0 atom stereocenters. The number of esters is 1. The van der Waals surface area contributed by atoms with Gasteiger partial charge >= 0.3 is 5.97 Å². The summed E-state index contributed by atoms with van der Waals surface area (Å²) in [5, 5.41) is 29.2. The first-order valence-corrected chi connectivity index (χ1v) is 8.38. The van der Waals surface area contributed by atoms with E-state index < -0.39 is 17.1 Å². The molecule has 0 amide bonds. The third-order valence-corrected chi connectivity index (χ3v) is 4.15. The second-order valence-corrected chi connectivity index (χ2v) is 6.13. The van der Waals surface area contributed by atoms with E-state index in [1.165, 1.54) is 42.7 Å². The summed E-state index contributed by atoms with van der Waals surface area (Å²) in [4.78, 5) is 28.5. The Morgan fingerprint density at radius 2 is 1.79 bits per heavy atom. The first kappa shape index (κ1) is 18.1. The van der Waals surface area contributed by atoms with Crippen molar-refractivity contribution in [1.29, 1.82) is 0 Å². The van der Waals surface area contributed by atoms with Gasteiger partial charge in [-0.15, -0.1) is 0 Å². The number of carbonyl (C=O) groups is 1. The average Bonchev–Trinajstić information content (AvgIpc) is 2.70. The molecular weight excluding hydrogens is 378 g/mol. The maximum Gasteiger partial charge on any atom is 0.345 e. The van der Waals surface area contributed by atoms with Gasteiger partial charge in [-0.25, -0.2) is 4.79 Å². The van der Waals surface area contributed by atoms with Crippen molar-refractivity contribution in [2.45, 2.75) is 0 Å². The minimum atomic E-state index is -0.696. The molecule has 0 saturated heterocycles. The minimum absolute atomic E-state index is 0.0194. The molecule has 3 N–H and O–H groups in total. The van der Waals surface area contributed by atoms with E-state index in [1.54, 1.807) is 6.07 Å². The number of benzene rings is 2. The fourth-order valence-corrected chi connectivity index (χ4v) is 2.77. The number of rotatable bonds is 3. The Labute approximate surface area is 162 Å². The quantitative estimate of drug-likeness (QED) is 0.276. The first-order chi connectivity index (χ1) is 13.9. The number of fused-ring (bicyclic) bond motifs is 1. The molecule has 0 fully saturated rings. The SMILES string of the molecule is O=C(Oc1cc(O)c2c(=O)cc(-c3ccc(O)c(O)c3)oc2c1)c1cccnc1. The van der Waals surface area contributed by atoms with Crippen molar-refractivity contribution in [2.24, 2.45) is 0 Å². The van der Waals surface area contributed by atoms with Crippen LogP contribution in [0, 0.1) is 0 Å². The van der Waals surface area contributed by atoms with E-state index in [2.05, 4.69) is 4.98 Å². The molecule has 0 aliphatic heterocycles. The molecule has 0 aliphatic carbocycles. The highest BCUT2D eigenvalue weighted by Crippen LogP contribution is 2.34. The van der Waals surface area contributed by atoms with Crippen molar-refractivity contribution < 1.29 is 29.3 Å². The Morgan fingerprint density at radius 3 is 2.52 bits per heavy atom. The van der Waals surface area contributed by atoms with E-state index in [4.69, 9.17) is 9.15 Å². The molecule has 29 heavy (non-hydrogen) atoms. The fourth-order valence-electron chi connectivity index (χ4n) is 2.77. The van der Waals surface area contributed by atoms with Gasteiger partial charge in [0.05, 0.1) is 5.56 Å². The van der Waals surface area contributed by atoms with Gasteiger partial charge in [0.25, 0.3) is 0 Å². The molecule has 0 aliphatic rings. The maximum atomic E-state index is 12.5. The van der Waals surface area contributed by atoms with Crippen molar-refractivity contribution in [3.63, 3.8) is 0 Å². The lowest BCUT2D eigenvalue weighted by Gasteiger charge is -2.08. The Bertz CT molecular complexity index is 1300. The van der Waals surface area contributed by atoms with Crippen molar-refractivity contribution in [3.05, 3.63) is 76.7 Å². The summed E-state index contributed by atoms with van der Waals surface area (Å²) in [5.74, 6) is -1.75. The van der Waals surface area contributed by atoms with E-state index >= 15 is 0 Å². The number of hydrogen-bond donors (Lipinski definition) is 3. The Balaban J connectivity index is 1.78. The average molecular weight is 391 g/mol. The molecule has 8 nitrogen and oxygen atoms in total. The van der Waals surface area contributed by atoms with Gasteiger partial charge in [0.1, 0.15) is 28.2 Å². The Hall–Kier alpha value is -4.33. The predicted molar refractivity (Wildman–Crippen MR) is 102 cm³/mol. The molecule has 2 aromatic carbocycles. The van der Waals surface area contributed by atoms with Crippen LogP contribution < -0.4 is 10.2 Å². The number of pyridine rings is 1. The van der Waals surface area contributed by atoms with Crippen LogP contribution in [0.4, 0.5) is 0 Å². The molecule has 0 unspecified atom stereocenters. The summed E-state index contributed by atoms with van der Waals surface area (Å²) in [5.41, 5.74) is -0.0103. The lowest BCUT2D eigenvalue weighted by molar-refractivity contribution is 0.0734. The zero-order valence-corrected chi connectivity index (χ0v) is 14.7. The van der Waals surface area contributed by atoms with Crippen LogP contribution in [0.3, 0.4) is 0 Å². The molecule has 4 rings (SSSR count). The van der Waals surface area contributed by atoms with Crippen molar-refractivity contribution in [2.75, 3.05) is 0 Å². The number of nitrogens with zero attached hydrogens (tertiary/aromatic N) is 1. The molecule has 0 radical (unpaired) electrons. The van der Waals surface area contributed by atoms with Gasteiger partial charge in [0.15, 0.2) is 16.9 Å². The smallest absolute Gasteiger partial charge is 0.345 e. The van der Waals surface area contributed by atoms with E-state index in [9.17, 15) is 24.9 Å². The lowest BCUT2D eigenvalue weighted by atomic mass is 10.1.